The fourth-order valence-corrected chi connectivity index (χ4v) is 5.57. The second kappa shape index (κ2) is 7.67. The Balaban J connectivity index is 2.01. The summed E-state index contributed by atoms with van der Waals surface area (Å²) in [4.78, 5) is 52.0. The highest BCUT2D eigenvalue weighted by Gasteiger charge is 2.60. The van der Waals surface area contributed by atoms with Gasteiger partial charge in [-0.3, -0.25) is 19.2 Å². The Morgan fingerprint density at radius 3 is 2.23 bits per heavy atom. The lowest BCUT2D eigenvalue weighted by atomic mass is 9.53. The van der Waals surface area contributed by atoms with Crippen molar-refractivity contribution >= 4 is 23.5 Å². The summed E-state index contributed by atoms with van der Waals surface area (Å²) in [5.41, 5.74) is 0.683. The van der Waals surface area contributed by atoms with E-state index in [9.17, 15) is 19.2 Å². The van der Waals surface area contributed by atoms with Gasteiger partial charge in [0, 0.05) is 17.8 Å². The number of hydrogen-bond acceptors (Lipinski definition) is 6. The third kappa shape index (κ3) is 2.85. The van der Waals surface area contributed by atoms with Gasteiger partial charge < -0.3 is 9.47 Å². The first kappa shape index (κ1) is 20.3. The highest BCUT2D eigenvalue weighted by atomic mass is 16.5. The number of hydrogen-bond donors (Lipinski definition) is 0. The molecule has 0 aliphatic heterocycles. The molecule has 1 aromatic carbocycles. The number of fused-ring (bicyclic) bond motifs is 1. The van der Waals surface area contributed by atoms with Gasteiger partial charge >= 0.3 is 11.9 Å². The number of carbonyl (C=O) groups is 4. The molecule has 0 amide bonds. The molecule has 1 aromatic rings. The molecular weight excluding hydrogens is 384 g/mol. The predicted octanol–water partition coefficient (Wildman–Crippen LogP) is 2.93. The van der Waals surface area contributed by atoms with E-state index < -0.39 is 35.1 Å². The van der Waals surface area contributed by atoms with E-state index in [2.05, 4.69) is 0 Å². The Bertz CT molecular complexity index is 955. The zero-order chi connectivity index (χ0) is 21.5. The molecule has 30 heavy (non-hydrogen) atoms. The molecule has 0 saturated heterocycles. The lowest BCUT2D eigenvalue weighted by Crippen LogP contribution is -2.51. The van der Waals surface area contributed by atoms with Crippen LogP contribution in [0.25, 0.3) is 0 Å². The normalized spacial score (nSPS) is 27.2. The molecule has 0 fully saturated rings. The second-order valence-electron chi connectivity index (χ2n) is 8.12. The number of rotatable bonds is 3. The summed E-state index contributed by atoms with van der Waals surface area (Å²) >= 11 is 0. The lowest BCUT2D eigenvalue weighted by molar-refractivity contribution is -0.167. The van der Waals surface area contributed by atoms with E-state index in [0.717, 1.165) is 11.1 Å². The SMILES string of the molecule is COC(=O)C1(C(=O)OC)CCCC2=C1[C@@H](c1ccccc1)[C@@H]1C(=O)C=CC(=O)[C@@H]1C2. The standard InChI is InChI=1S/C24H24O6/c1-29-22(27)24(23(28)30-2)12-6-9-15-13-16-17(25)10-11-18(26)20(16)19(21(15)24)14-7-4-3-5-8-14/h3-5,7-8,10-11,16,19-20H,6,9,12-13H2,1-2H3/t16-,19-,20-/m0/s1. The van der Waals surface area contributed by atoms with Crippen LogP contribution in [0.2, 0.25) is 0 Å². The minimum Gasteiger partial charge on any atom is -0.468 e. The van der Waals surface area contributed by atoms with E-state index in [0.29, 0.717) is 24.8 Å². The largest absolute Gasteiger partial charge is 0.468 e. The molecule has 0 bridgehead atoms. The van der Waals surface area contributed by atoms with E-state index in [-0.39, 0.29) is 18.0 Å². The van der Waals surface area contributed by atoms with Crippen LogP contribution in [0.1, 0.15) is 37.2 Å². The number of methoxy groups -OCH3 is 2. The van der Waals surface area contributed by atoms with Crippen LogP contribution in [0.4, 0.5) is 0 Å². The van der Waals surface area contributed by atoms with Crippen molar-refractivity contribution in [2.75, 3.05) is 14.2 Å². The van der Waals surface area contributed by atoms with Gasteiger partial charge in [-0.1, -0.05) is 35.9 Å². The first-order chi connectivity index (χ1) is 14.5. The Hall–Kier alpha value is -3.02. The van der Waals surface area contributed by atoms with Crippen LogP contribution in [-0.4, -0.2) is 37.7 Å². The van der Waals surface area contributed by atoms with E-state index in [1.54, 1.807) is 0 Å². The van der Waals surface area contributed by atoms with Crippen LogP contribution in [0.3, 0.4) is 0 Å². The van der Waals surface area contributed by atoms with E-state index in [1.165, 1.54) is 26.4 Å². The quantitative estimate of drug-likeness (QED) is 0.434. The fraction of sp³-hybridized carbons (Fsp3) is 0.417. The topological polar surface area (TPSA) is 86.7 Å². The van der Waals surface area contributed by atoms with Gasteiger partial charge in [-0.25, -0.2) is 0 Å². The van der Waals surface area contributed by atoms with Gasteiger partial charge in [0.2, 0.25) is 0 Å². The third-order valence-electron chi connectivity index (χ3n) is 6.77. The molecule has 0 aromatic heterocycles. The molecule has 0 N–H and O–H groups in total. The average Bonchev–Trinajstić information content (AvgIpc) is 2.79. The van der Waals surface area contributed by atoms with Crippen LogP contribution in [0.15, 0.2) is 53.6 Å². The lowest BCUT2D eigenvalue weighted by Gasteiger charge is -2.48. The van der Waals surface area contributed by atoms with Gasteiger partial charge in [-0.05, 0) is 49.0 Å². The highest BCUT2D eigenvalue weighted by molar-refractivity contribution is 6.09. The van der Waals surface area contributed by atoms with E-state index in [1.807, 2.05) is 30.3 Å². The van der Waals surface area contributed by atoms with Gasteiger partial charge in [0.25, 0.3) is 0 Å². The van der Waals surface area contributed by atoms with Crippen molar-refractivity contribution < 1.29 is 28.7 Å². The first-order valence-corrected chi connectivity index (χ1v) is 10.2. The Kier molecular flexibility index (Phi) is 5.18. The molecule has 0 heterocycles. The van der Waals surface area contributed by atoms with Crippen molar-refractivity contribution in [1.29, 1.82) is 0 Å². The molecule has 3 aliphatic rings. The van der Waals surface area contributed by atoms with Crippen molar-refractivity contribution in [3.05, 3.63) is 59.2 Å². The Labute approximate surface area is 174 Å². The van der Waals surface area contributed by atoms with Crippen LogP contribution < -0.4 is 0 Å². The number of carbonyl (C=O) groups excluding carboxylic acids is 4. The van der Waals surface area contributed by atoms with Crippen molar-refractivity contribution in [2.24, 2.45) is 17.3 Å². The molecule has 0 saturated carbocycles. The molecule has 0 unspecified atom stereocenters. The molecule has 4 rings (SSSR count). The molecule has 0 radical (unpaired) electrons. The summed E-state index contributed by atoms with van der Waals surface area (Å²) in [6.07, 6.45) is 4.57. The molecule has 3 atom stereocenters. The summed E-state index contributed by atoms with van der Waals surface area (Å²) in [6, 6.07) is 9.32. The van der Waals surface area contributed by atoms with Crippen LogP contribution in [0.5, 0.6) is 0 Å². The van der Waals surface area contributed by atoms with Crippen molar-refractivity contribution in [3.8, 4) is 0 Å². The molecule has 156 valence electrons. The number of allylic oxidation sites excluding steroid dienone is 3. The maximum atomic E-state index is 13.1. The highest BCUT2D eigenvalue weighted by Crippen LogP contribution is 2.58. The number of esters is 2. The third-order valence-corrected chi connectivity index (χ3v) is 6.77. The van der Waals surface area contributed by atoms with Gasteiger partial charge in [-0.15, -0.1) is 0 Å². The van der Waals surface area contributed by atoms with Crippen LogP contribution >= 0.6 is 0 Å². The summed E-state index contributed by atoms with van der Waals surface area (Å²) in [5, 5.41) is 0. The average molecular weight is 408 g/mol. The minimum atomic E-state index is -1.60. The van der Waals surface area contributed by atoms with Crippen molar-refractivity contribution in [2.45, 2.75) is 31.6 Å². The zero-order valence-corrected chi connectivity index (χ0v) is 17.1. The number of benzene rings is 1. The summed E-state index contributed by atoms with van der Waals surface area (Å²) in [5.74, 6) is -3.31. The molecule has 0 spiro atoms. The van der Waals surface area contributed by atoms with Gasteiger partial charge in [-0.2, -0.15) is 0 Å². The van der Waals surface area contributed by atoms with Gasteiger partial charge in [0.1, 0.15) is 0 Å². The summed E-state index contributed by atoms with van der Waals surface area (Å²) < 4.78 is 10.2. The Morgan fingerprint density at radius 1 is 0.967 bits per heavy atom. The van der Waals surface area contributed by atoms with Crippen molar-refractivity contribution in [1.82, 2.24) is 0 Å². The molecule has 3 aliphatic carbocycles. The number of ketones is 2. The first-order valence-electron chi connectivity index (χ1n) is 10.2. The maximum absolute atomic E-state index is 13.1. The zero-order valence-electron chi connectivity index (χ0n) is 17.1. The summed E-state index contributed by atoms with van der Waals surface area (Å²) in [7, 11) is 2.51. The van der Waals surface area contributed by atoms with Crippen LogP contribution in [0, 0.1) is 17.3 Å². The summed E-state index contributed by atoms with van der Waals surface area (Å²) in [6.45, 7) is 0. The molecule has 6 heteroatoms. The van der Waals surface area contributed by atoms with Crippen molar-refractivity contribution in [3.63, 3.8) is 0 Å². The van der Waals surface area contributed by atoms with Gasteiger partial charge in [0.05, 0.1) is 14.2 Å². The number of ether oxygens (including phenoxy) is 2. The smallest absolute Gasteiger partial charge is 0.327 e. The maximum Gasteiger partial charge on any atom is 0.327 e. The Morgan fingerprint density at radius 2 is 1.60 bits per heavy atom. The van der Waals surface area contributed by atoms with E-state index >= 15 is 0 Å². The predicted molar refractivity (Wildman–Crippen MR) is 107 cm³/mol. The second-order valence-corrected chi connectivity index (χ2v) is 8.12. The van der Waals surface area contributed by atoms with E-state index in [4.69, 9.17) is 9.47 Å². The fourth-order valence-electron chi connectivity index (χ4n) is 5.57. The molecular formula is C24H24O6. The van der Waals surface area contributed by atoms with Gasteiger partial charge in [0.15, 0.2) is 17.0 Å². The van der Waals surface area contributed by atoms with Crippen LogP contribution in [-0.2, 0) is 28.7 Å². The molecule has 6 nitrogen and oxygen atoms in total. The minimum absolute atomic E-state index is 0.0839. The monoisotopic (exact) mass is 408 g/mol.